The van der Waals surface area contributed by atoms with Crippen LogP contribution in [0.25, 0.3) is 0 Å². The monoisotopic (exact) mass is 328 g/mol. The SMILES string of the molecule is COc1cccc(N2CCC(CN=C(NC3CC3)NC3CC3)C2)c1. The fourth-order valence-electron chi connectivity index (χ4n) is 3.22. The van der Waals surface area contributed by atoms with Crippen molar-refractivity contribution in [2.75, 3.05) is 31.6 Å². The molecule has 0 radical (unpaired) electrons. The zero-order valence-corrected chi connectivity index (χ0v) is 14.5. The van der Waals surface area contributed by atoms with Crippen LogP contribution in [0.5, 0.6) is 5.75 Å². The van der Waals surface area contributed by atoms with Gasteiger partial charge in [0.1, 0.15) is 5.75 Å². The van der Waals surface area contributed by atoms with Gasteiger partial charge in [-0.2, -0.15) is 0 Å². The van der Waals surface area contributed by atoms with Crippen LogP contribution in [0.3, 0.4) is 0 Å². The first-order chi connectivity index (χ1) is 11.8. The Morgan fingerprint density at radius 3 is 2.58 bits per heavy atom. The smallest absolute Gasteiger partial charge is 0.191 e. The molecule has 5 nitrogen and oxygen atoms in total. The molecule has 2 saturated carbocycles. The van der Waals surface area contributed by atoms with Crippen LogP contribution in [-0.2, 0) is 0 Å². The third-order valence-corrected chi connectivity index (χ3v) is 5.05. The van der Waals surface area contributed by atoms with Crippen molar-refractivity contribution in [2.24, 2.45) is 10.9 Å². The van der Waals surface area contributed by atoms with E-state index in [1.54, 1.807) is 7.11 Å². The number of aliphatic imine (C=N–C) groups is 1. The average molecular weight is 328 g/mol. The molecule has 1 aliphatic heterocycles. The molecule has 1 unspecified atom stereocenters. The fourth-order valence-corrected chi connectivity index (χ4v) is 3.22. The van der Waals surface area contributed by atoms with Gasteiger partial charge in [-0.25, -0.2) is 0 Å². The van der Waals surface area contributed by atoms with Gasteiger partial charge in [0.2, 0.25) is 0 Å². The molecule has 5 heteroatoms. The van der Waals surface area contributed by atoms with E-state index in [0.29, 0.717) is 18.0 Å². The van der Waals surface area contributed by atoms with Crippen LogP contribution in [0.15, 0.2) is 29.3 Å². The van der Waals surface area contributed by atoms with Crippen molar-refractivity contribution < 1.29 is 4.74 Å². The summed E-state index contributed by atoms with van der Waals surface area (Å²) in [7, 11) is 1.72. The van der Waals surface area contributed by atoms with Crippen LogP contribution in [0.2, 0.25) is 0 Å². The van der Waals surface area contributed by atoms with Crippen molar-refractivity contribution in [3.8, 4) is 5.75 Å². The number of rotatable bonds is 6. The third-order valence-electron chi connectivity index (χ3n) is 5.05. The molecule has 0 spiro atoms. The number of nitrogens with one attached hydrogen (secondary N) is 2. The Morgan fingerprint density at radius 2 is 1.92 bits per heavy atom. The Labute approximate surface area is 144 Å². The number of guanidine groups is 1. The lowest BCUT2D eigenvalue weighted by Crippen LogP contribution is -2.40. The normalized spacial score (nSPS) is 23.0. The fraction of sp³-hybridized carbons (Fsp3) is 0.632. The van der Waals surface area contributed by atoms with Gasteiger partial charge >= 0.3 is 0 Å². The van der Waals surface area contributed by atoms with Gasteiger partial charge < -0.3 is 20.3 Å². The minimum Gasteiger partial charge on any atom is -0.497 e. The first kappa shape index (κ1) is 15.6. The summed E-state index contributed by atoms with van der Waals surface area (Å²) >= 11 is 0. The predicted octanol–water partition coefficient (Wildman–Crippen LogP) is 2.38. The highest BCUT2D eigenvalue weighted by Crippen LogP contribution is 2.27. The summed E-state index contributed by atoms with van der Waals surface area (Å²) in [6.45, 7) is 3.10. The zero-order chi connectivity index (χ0) is 16.4. The topological polar surface area (TPSA) is 48.9 Å². The van der Waals surface area contributed by atoms with E-state index in [1.807, 2.05) is 6.07 Å². The number of ether oxygens (including phenoxy) is 1. The number of nitrogens with zero attached hydrogens (tertiary/aromatic N) is 2. The minimum absolute atomic E-state index is 0.633. The molecule has 3 aliphatic rings. The molecule has 1 aromatic carbocycles. The molecule has 2 N–H and O–H groups in total. The van der Waals surface area contributed by atoms with Crippen molar-refractivity contribution in [3.63, 3.8) is 0 Å². The van der Waals surface area contributed by atoms with Crippen LogP contribution < -0.4 is 20.3 Å². The minimum atomic E-state index is 0.633. The van der Waals surface area contributed by atoms with E-state index in [0.717, 1.165) is 31.3 Å². The molecule has 0 amide bonds. The molecule has 130 valence electrons. The standard InChI is InChI=1S/C19H28N4O/c1-24-18-4-2-3-17(11-18)23-10-9-14(13-23)12-20-19(21-15-5-6-15)22-16-7-8-16/h2-4,11,14-16H,5-10,12-13H2,1H3,(H2,20,21,22). The lowest BCUT2D eigenvalue weighted by molar-refractivity contribution is 0.415. The molecule has 0 bridgehead atoms. The maximum Gasteiger partial charge on any atom is 0.191 e. The van der Waals surface area contributed by atoms with E-state index in [-0.39, 0.29) is 0 Å². The summed E-state index contributed by atoms with van der Waals surface area (Å²) < 4.78 is 5.34. The van der Waals surface area contributed by atoms with E-state index in [1.165, 1.54) is 37.8 Å². The number of hydrogen-bond acceptors (Lipinski definition) is 3. The molecule has 1 heterocycles. The van der Waals surface area contributed by atoms with Gasteiger partial charge in [-0.1, -0.05) is 6.07 Å². The molecular weight excluding hydrogens is 300 g/mol. The molecule has 0 aromatic heterocycles. The molecular formula is C19H28N4O. The van der Waals surface area contributed by atoms with E-state index < -0.39 is 0 Å². The Morgan fingerprint density at radius 1 is 1.17 bits per heavy atom. The van der Waals surface area contributed by atoms with Crippen LogP contribution in [-0.4, -0.2) is 44.8 Å². The van der Waals surface area contributed by atoms with Crippen LogP contribution in [0, 0.1) is 5.92 Å². The lowest BCUT2D eigenvalue weighted by atomic mass is 10.1. The maximum atomic E-state index is 5.34. The summed E-state index contributed by atoms with van der Waals surface area (Å²) in [5, 5.41) is 7.11. The van der Waals surface area contributed by atoms with Crippen molar-refractivity contribution in [1.29, 1.82) is 0 Å². The molecule has 1 aromatic rings. The zero-order valence-electron chi connectivity index (χ0n) is 14.5. The van der Waals surface area contributed by atoms with Crippen molar-refractivity contribution in [2.45, 2.75) is 44.2 Å². The number of anilines is 1. The van der Waals surface area contributed by atoms with Crippen molar-refractivity contribution in [1.82, 2.24) is 10.6 Å². The molecule has 1 saturated heterocycles. The predicted molar refractivity (Wildman–Crippen MR) is 97.9 cm³/mol. The highest BCUT2D eigenvalue weighted by molar-refractivity contribution is 5.81. The number of methoxy groups -OCH3 is 1. The Hall–Kier alpha value is -1.91. The second-order valence-corrected chi connectivity index (χ2v) is 7.33. The Bertz CT molecular complexity index is 579. The van der Waals surface area contributed by atoms with Crippen LogP contribution in [0.4, 0.5) is 5.69 Å². The lowest BCUT2D eigenvalue weighted by Gasteiger charge is -2.19. The van der Waals surface area contributed by atoms with E-state index in [2.05, 4.69) is 33.7 Å². The molecule has 1 atom stereocenters. The van der Waals surface area contributed by atoms with Gasteiger partial charge in [-0.3, -0.25) is 4.99 Å². The summed E-state index contributed by atoms with van der Waals surface area (Å²) in [5.41, 5.74) is 1.26. The van der Waals surface area contributed by atoms with E-state index in [4.69, 9.17) is 9.73 Å². The van der Waals surface area contributed by atoms with E-state index >= 15 is 0 Å². The average Bonchev–Trinajstić information content (AvgIpc) is 3.54. The summed E-state index contributed by atoms with van der Waals surface area (Å²) in [5.74, 6) is 2.60. The Kier molecular flexibility index (Phi) is 4.50. The third kappa shape index (κ3) is 4.13. The van der Waals surface area contributed by atoms with Crippen molar-refractivity contribution >= 4 is 11.6 Å². The van der Waals surface area contributed by atoms with Gasteiger partial charge in [0.15, 0.2) is 5.96 Å². The summed E-state index contributed by atoms with van der Waals surface area (Å²) in [6.07, 6.45) is 6.37. The molecule has 4 rings (SSSR count). The summed E-state index contributed by atoms with van der Waals surface area (Å²) in [6, 6.07) is 9.68. The number of benzene rings is 1. The first-order valence-corrected chi connectivity index (χ1v) is 9.26. The molecule has 2 aliphatic carbocycles. The largest absolute Gasteiger partial charge is 0.497 e. The second-order valence-electron chi connectivity index (χ2n) is 7.33. The van der Waals surface area contributed by atoms with Gasteiger partial charge in [0.05, 0.1) is 7.11 Å². The quantitative estimate of drug-likeness (QED) is 0.622. The highest BCUT2D eigenvalue weighted by atomic mass is 16.5. The maximum absolute atomic E-state index is 5.34. The van der Waals surface area contributed by atoms with Gasteiger partial charge in [-0.15, -0.1) is 0 Å². The van der Waals surface area contributed by atoms with Gasteiger partial charge in [0.25, 0.3) is 0 Å². The van der Waals surface area contributed by atoms with E-state index in [9.17, 15) is 0 Å². The number of hydrogen-bond donors (Lipinski definition) is 2. The summed E-state index contributed by atoms with van der Waals surface area (Å²) in [4.78, 5) is 7.32. The van der Waals surface area contributed by atoms with Gasteiger partial charge in [-0.05, 0) is 50.2 Å². The highest BCUT2D eigenvalue weighted by Gasteiger charge is 2.28. The first-order valence-electron chi connectivity index (χ1n) is 9.26. The van der Waals surface area contributed by atoms with Gasteiger partial charge in [0, 0.05) is 43.5 Å². The molecule has 3 fully saturated rings. The Balaban J connectivity index is 1.32. The van der Waals surface area contributed by atoms with Crippen molar-refractivity contribution in [3.05, 3.63) is 24.3 Å². The van der Waals surface area contributed by atoms with Crippen LogP contribution >= 0.6 is 0 Å². The van der Waals surface area contributed by atoms with Crippen LogP contribution in [0.1, 0.15) is 32.1 Å². The molecule has 24 heavy (non-hydrogen) atoms. The second kappa shape index (κ2) is 6.91.